The van der Waals surface area contributed by atoms with Crippen molar-refractivity contribution < 1.29 is 29.4 Å². The molecule has 1 atom stereocenters. The lowest BCUT2D eigenvalue weighted by Crippen LogP contribution is -2.47. The zero-order chi connectivity index (χ0) is 32.6. The fourth-order valence-electron chi connectivity index (χ4n) is 4.99. The van der Waals surface area contributed by atoms with Gasteiger partial charge in [-0.3, -0.25) is 14.5 Å². The lowest BCUT2D eigenvalue weighted by molar-refractivity contribution is -0.134. The average Bonchev–Trinajstić information content (AvgIpc) is 3.04. The monoisotopic (exact) mass is 614 g/mol. The molecule has 2 amide bonds. The number of hydrogen-bond acceptors (Lipinski definition) is 6. The molecule has 0 saturated carbocycles. The van der Waals surface area contributed by atoms with Crippen LogP contribution in [-0.2, 0) is 25.7 Å². The number of carboxylic acid groups (broad SMARTS) is 2. The first-order valence-electron chi connectivity index (χ1n) is 15.0. The van der Waals surface area contributed by atoms with Crippen LogP contribution in [0.3, 0.4) is 0 Å². The van der Waals surface area contributed by atoms with Gasteiger partial charge in [-0.15, -0.1) is 0 Å². The first-order chi connectivity index (χ1) is 21.6. The van der Waals surface area contributed by atoms with Crippen LogP contribution in [0.25, 0.3) is 0 Å². The van der Waals surface area contributed by atoms with Gasteiger partial charge >= 0.3 is 11.9 Å². The molecule has 0 spiro atoms. The number of aryl methyl sites for hydroxylation is 2. The number of rotatable bonds is 12. The molecule has 1 heterocycles. The molecule has 1 aliphatic heterocycles. The maximum absolute atomic E-state index is 13.1. The molecule has 4 N–H and O–H groups in total. The van der Waals surface area contributed by atoms with Crippen molar-refractivity contribution >= 4 is 29.4 Å². The predicted molar refractivity (Wildman–Crippen MR) is 174 cm³/mol. The lowest BCUT2D eigenvalue weighted by atomic mass is 9.97. The molecule has 3 aromatic carbocycles. The van der Waals surface area contributed by atoms with Crippen LogP contribution in [0.5, 0.6) is 0 Å². The highest BCUT2D eigenvalue weighted by molar-refractivity contribution is 6.05. The molecule has 1 saturated heterocycles. The highest BCUT2D eigenvalue weighted by Crippen LogP contribution is 2.23. The van der Waals surface area contributed by atoms with E-state index in [1.165, 1.54) is 16.8 Å². The zero-order valence-corrected chi connectivity index (χ0v) is 25.8. The molecule has 0 aromatic heterocycles. The van der Waals surface area contributed by atoms with Crippen LogP contribution in [0.1, 0.15) is 34.6 Å². The van der Waals surface area contributed by atoms with Gasteiger partial charge in [0, 0.05) is 57.1 Å². The topological polar surface area (TPSA) is 139 Å². The number of benzene rings is 3. The normalized spacial score (nSPS) is 13.8. The Morgan fingerprint density at radius 2 is 1.36 bits per heavy atom. The highest BCUT2D eigenvalue weighted by atomic mass is 16.4. The second-order valence-corrected chi connectivity index (χ2v) is 10.8. The minimum Gasteiger partial charge on any atom is -0.478 e. The predicted octanol–water partition coefficient (Wildman–Crippen LogP) is 3.74. The maximum Gasteiger partial charge on any atom is 0.328 e. The van der Waals surface area contributed by atoms with Crippen LogP contribution >= 0.6 is 0 Å². The summed E-state index contributed by atoms with van der Waals surface area (Å²) in [6.07, 6.45) is 1.97. The van der Waals surface area contributed by atoms with Gasteiger partial charge in [-0.25, -0.2) is 9.59 Å². The van der Waals surface area contributed by atoms with Crippen molar-refractivity contribution in [2.24, 2.45) is 0 Å². The number of carboxylic acids is 2. The van der Waals surface area contributed by atoms with Crippen LogP contribution in [0.15, 0.2) is 91.0 Å². The van der Waals surface area contributed by atoms with E-state index in [0.717, 1.165) is 44.7 Å². The molecule has 0 bridgehead atoms. The van der Waals surface area contributed by atoms with Gasteiger partial charge in [-0.2, -0.15) is 0 Å². The van der Waals surface area contributed by atoms with E-state index in [4.69, 9.17) is 10.2 Å². The standard InChI is InChI=1S/C31H38N4O2.C4H4O4/c1-24-14-15-25(2)28(22-24)35-20-18-34(19-21-35)17-9-16-32-30(36)29(27-12-7-4-8-13-27)31(37)33-23-26-10-5-3-6-11-26;5-3(6)1-2-4(7)8/h3-8,10-15,22,29H,9,16-21,23H2,1-2H3,(H,32,36)(H,33,37);1-2H,(H,5,6)(H,7,8)/b;2-1+. The molecule has 0 radical (unpaired) electrons. The number of nitrogens with zero attached hydrogens (tertiary/aromatic N) is 2. The van der Waals surface area contributed by atoms with E-state index in [2.05, 4.69) is 52.5 Å². The molecule has 1 fully saturated rings. The Kier molecular flexibility index (Phi) is 13.8. The summed E-state index contributed by atoms with van der Waals surface area (Å²) >= 11 is 0. The summed E-state index contributed by atoms with van der Waals surface area (Å²) in [6, 6.07) is 25.7. The fourth-order valence-corrected chi connectivity index (χ4v) is 4.99. The molecular weight excluding hydrogens is 572 g/mol. The number of amides is 2. The summed E-state index contributed by atoms with van der Waals surface area (Å²) in [5.41, 5.74) is 5.65. The van der Waals surface area contributed by atoms with E-state index in [1.807, 2.05) is 60.7 Å². The molecule has 1 unspecified atom stereocenters. The van der Waals surface area contributed by atoms with Gasteiger partial charge in [-0.05, 0) is 55.1 Å². The first kappa shape index (κ1) is 34.5. The van der Waals surface area contributed by atoms with Crippen molar-refractivity contribution in [3.63, 3.8) is 0 Å². The summed E-state index contributed by atoms with van der Waals surface area (Å²) in [4.78, 5) is 50.2. The number of anilines is 1. The van der Waals surface area contributed by atoms with E-state index in [9.17, 15) is 19.2 Å². The van der Waals surface area contributed by atoms with Crippen LogP contribution < -0.4 is 15.5 Å². The van der Waals surface area contributed by atoms with Crippen LogP contribution in [0.4, 0.5) is 5.69 Å². The second kappa shape index (κ2) is 18.0. The SMILES string of the molecule is Cc1ccc(C)c(N2CCN(CCCNC(=O)C(C(=O)NCc3ccccc3)c3ccccc3)CC2)c1.O=C(O)/C=C/C(=O)O. The summed E-state index contributed by atoms with van der Waals surface area (Å²) in [5.74, 6) is -3.92. The molecule has 10 nitrogen and oxygen atoms in total. The number of carbonyl (C=O) groups is 4. The smallest absolute Gasteiger partial charge is 0.328 e. The van der Waals surface area contributed by atoms with Crippen molar-refractivity contribution in [2.45, 2.75) is 32.7 Å². The van der Waals surface area contributed by atoms with Gasteiger partial charge in [0.05, 0.1) is 0 Å². The third kappa shape index (κ3) is 11.9. The minimum absolute atomic E-state index is 0.253. The highest BCUT2D eigenvalue weighted by Gasteiger charge is 2.28. The Bertz CT molecular complexity index is 1420. The van der Waals surface area contributed by atoms with Gasteiger partial charge in [0.1, 0.15) is 5.92 Å². The molecule has 238 valence electrons. The lowest BCUT2D eigenvalue weighted by Gasteiger charge is -2.37. The van der Waals surface area contributed by atoms with Gasteiger partial charge in [0.15, 0.2) is 0 Å². The fraction of sp³-hybridized carbons (Fsp3) is 0.314. The molecular formula is C35H42N4O6. The molecule has 0 aliphatic carbocycles. The summed E-state index contributed by atoms with van der Waals surface area (Å²) in [6.45, 7) is 10.2. The van der Waals surface area contributed by atoms with Gasteiger partial charge in [0.2, 0.25) is 11.8 Å². The van der Waals surface area contributed by atoms with Gasteiger partial charge in [0.25, 0.3) is 0 Å². The Balaban J connectivity index is 0.000000610. The Morgan fingerprint density at radius 3 is 1.96 bits per heavy atom. The maximum atomic E-state index is 13.1. The number of carbonyl (C=O) groups excluding carboxylic acids is 2. The quantitative estimate of drug-likeness (QED) is 0.138. The van der Waals surface area contributed by atoms with Crippen LogP contribution in [0.2, 0.25) is 0 Å². The van der Waals surface area contributed by atoms with Crippen LogP contribution in [0, 0.1) is 13.8 Å². The van der Waals surface area contributed by atoms with Crippen molar-refractivity contribution in [1.82, 2.24) is 15.5 Å². The van der Waals surface area contributed by atoms with Crippen LogP contribution in [-0.4, -0.2) is 78.1 Å². The molecule has 10 heteroatoms. The van der Waals surface area contributed by atoms with E-state index in [1.54, 1.807) is 0 Å². The minimum atomic E-state index is -1.26. The van der Waals surface area contributed by atoms with Gasteiger partial charge < -0.3 is 25.7 Å². The van der Waals surface area contributed by atoms with E-state index in [-0.39, 0.29) is 11.8 Å². The van der Waals surface area contributed by atoms with Crippen molar-refractivity contribution in [3.05, 3.63) is 113 Å². The third-order valence-electron chi connectivity index (χ3n) is 7.36. The largest absolute Gasteiger partial charge is 0.478 e. The van der Waals surface area contributed by atoms with Crippen molar-refractivity contribution in [3.8, 4) is 0 Å². The number of aliphatic carboxylic acids is 2. The summed E-state index contributed by atoms with van der Waals surface area (Å²) in [7, 11) is 0. The molecule has 1 aliphatic rings. The number of nitrogens with one attached hydrogen (secondary N) is 2. The average molecular weight is 615 g/mol. The van der Waals surface area contributed by atoms with E-state index < -0.39 is 17.9 Å². The Morgan fingerprint density at radius 1 is 0.778 bits per heavy atom. The molecule has 4 rings (SSSR count). The third-order valence-corrected chi connectivity index (χ3v) is 7.36. The van der Waals surface area contributed by atoms with E-state index >= 15 is 0 Å². The second-order valence-electron chi connectivity index (χ2n) is 10.8. The Hall–Kier alpha value is -4.96. The van der Waals surface area contributed by atoms with Crippen molar-refractivity contribution in [2.75, 3.05) is 44.2 Å². The number of piperazine rings is 1. The number of hydrogen-bond donors (Lipinski definition) is 4. The molecule has 3 aromatic rings. The van der Waals surface area contributed by atoms with Crippen molar-refractivity contribution in [1.29, 1.82) is 0 Å². The molecule has 45 heavy (non-hydrogen) atoms. The van der Waals surface area contributed by atoms with E-state index in [0.29, 0.717) is 30.8 Å². The Labute approximate surface area is 264 Å². The summed E-state index contributed by atoms with van der Waals surface area (Å²) < 4.78 is 0. The first-order valence-corrected chi connectivity index (χ1v) is 15.0. The van der Waals surface area contributed by atoms with Gasteiger partial charge in [-0.1, -0.05) is 72.8 Å². The zero-order valence-electron chi connectivity index (χ0n) is 25.8. The summed E-state index contributed by atoms with van der Waals surface area (Å²) in [5, 5.41) is 21.6.